The normalized spacial score (nSPS) is 38.5. The van der Waals surface area contributed by atoms with Crippen molar-refractivity contribution in [3.8, 4) is 0 Å². The van der Waals surface area contributed by atoms with Crippen molar-refractivity contribution in [2.75, 3.05) is 6.54 Å². The van der Waals surface area contributed by atoms with Crippen LogP contribution in [-0.4, -0.2) is 43.0 Å². The van der Waals surface area contributed by atoms with E-state index in [0.717, 1.165) is 6.29 Å². The zero-order chi connectivity index (χ0) is 12.5. The number of hydrogen-bond acceptors (Lipinski definition) is 5. The summed E-state index contributed by atoms with van der Waals surface area (Å²) in [6.45, 7) is 3.81. The lowest BCUT2D eigenvalue weighted by molar-refractivity contribution is -0.186. The number of fused-ring (bicyclic) bond motifs is 1. The summed E-state index contributed by atoms with van der Waals surface area (Å²) in [5.41, 5.74) is 8.31. The number of ether oxygens (including phenoxy) is 3. The molecule has 0 radical (unpaired) electrons. The Bertz CT molecular complexity index is 353. The number of aldehydes is 1. The van der Waals surface area contributed by atoms with Gasteiger partial charge in [-0.2, -0.15) is 0 Å². The van der Waals surface area contributed by atoms with E-state index in [4.69, 9.17) is 19.7 Å². The molecule has 2 heterocycles. The molecule has 7 nitrogen and oxygen atoms in total. The molecule has 7 heteroatoms. The Kier molecular flexibility index (Phi) is 3.35. The van der Waals surface area contributed by atoms with E-state index in [0.29, 0.717) is 0 Å². The van der Waals surface area contributed by atoms with E-state index < -0.39 is 5.79 Å². The Hall–Kier alpha value is -1.14. The van der Waals surface area contributed by atoms with Gasteiger partial charge in [0.25, 0.3) is 0 Å². The van der Waals surface area contributed by atoms with Crippen LogP contribution in [0.3, 0.4) is 0 Å². The van der Waals surface area contributed by atoms with E-state index in [1.807, 2.05) is 13.8 Å². The summed E-state index contributed by atoms with van der Waals surface area (Å²) in [6.07, 6.45) is -0.157. The molecule has 0 bridgehead atoms. The Balaban J connectivity index is 2.11. The van der Waals surface area contributed by atoms with Crippen LogP contribution in [0.5, 0.6) is 0 Å². The fraction of sp³-hybridized carbons (Fsp3) is 0.900. The summed E-state index contributed by atoms with van der Waals surface area (Å²) in [5.74, 6) is -0.686. The van der Waals surface area contributed by atoms with Crippen LogP contribution in [-0.2, 0) is 19.0 Å². The SMILES string of the molecule is CC1(C)O[C@@H]2[C@H](O1)[C@@H](CN=[N+]=[N-])O[C@H]2CC=O. The molecule has 2 saturated heterocycles. The average molecular weight is 241 g/mol. The topological polar surface area (TPSA) is 93.5 Å². The van der Waals surface area contributed by atoms with Gasteiger partial charge in [0.05, 0.1) is 18.8 Å². The Morgan fingerprint density at radius 3 is 2.59 bits per heavy atom. The van der Waals surface area contributed by atoms with Crippen molar-refractivity contribution >= 4 is 6.29 Å². The second-order valence-corrected chi connectivity index (χ2v) is 4.59. The van der Waals surface area contributed by atoms with Gasteiger partial charge in [-0.25, -0.2) is 0 Å². The minimum absolute atomic E-state index is 0.187. The molecule has 0 spiro atoms. The zero-order valence-corrected chi connectivity index (χ0v) is 9.78. The molecule has 0 unspecified atom stereocenters. The molecule has 2 rings (SSSR count). The average Bonchev–Trinajstić information content (AvgIpc) is 2.72. The van der Waals surface area contributed by atoms with Crippen molar-refractivity contribution in [1.29, 1.82) is 0 Å². The van der Waals surface area contributed by atoms with E-state index in [2.05, 4.69) is 10.0 Å². The summed E-state index contributed by atoms with van der Waals surface area (Å²) in [6, 6.07) is 0. The predicted molar refractivity (Wildman–Crippen MR) is 57.2 cm³/mol. The largest absolute Gasteiger partial charge is 0.369 e. The first-order chi connectivity index (χ1) is 8.07. The molecule has 94 valence electrons. The highest BCUT2D eigenvalue weighted by Crippen LogP contribution is 2.39. The first-order valence-corrected chi connectivity index (χ1v) is 5.53. The van der Waals surface area contributed by atoms with Crippen LogP contribution in [0, 0.1) is 0 Å². The molecule has 2 aliphatic rings. The molecule has 0 N–H and O–H groups in total. The second-order valence-electron chi connectivity index (χ2n) is 4.59. The van der Waals surface area contributed by atoms with Gasteiger partial charge in [-0.1, -0.05) is 5.11 Å². The van der Waals surface area contributed by atoms with E-state index in [9.17, 15) is 4.79 Å². The van der Waals surface area contributed by atoms with Crippen LogP contribution in [0.2, 0.25) is 0 Å². The molecule has 0 aromatic rings. The van der Waals surface area contributed by atoms with Crippen LogP contribution >= 0.6 is 0 Å². The molecule has 4 atom stereocenters. The van der Waals surface area contributed by atoms with Gasteiger partial charge in [0, 0.05) is 11.3 Å². The molecular formula is C10H15N3O4. The number of carbonyl (C=O) groups is 1. The van der Waals surface area contributed by atoms with Crippen molar-refractivity contribution < 1.29 is 19.0 Å². The standard InChI is InChI=1S/C10H15N3O4/c1-10(2)16-8-6(3-4-14)15-7(5-12-13-11)9(8)17-10/h4,6-9H,3,5H2,1-2H3/t6-,7+,8-,9+/m0/s1. The summed E-state index contributed by atoms with van der Waals surface area (Å²) in [4.78, 5) is 13.3. The van der Waals surface area contributed by atoms with Gasteiger partial charge in [0.2, 0.25) is 0 Å². The molecule has 0 aromatic carbocycles. The van der Waals surface area contributed by atoms with Gasteiger partial charge in [0.1, 0.15) is 18.5 Å². The fourth-order valence-electron chi connectivity index (χ4n) is 2.32. The molecule has 17 heavy (non-hydrogen) atoms. The Morgan fingerprint density at radius 2 is 2.00 bits per heavy atom. The molecule has 0 amide bonds. The van der Waals surface area contributed by atoms with E-state index in [-0.39, 0.29) is 37.4 Å². The lowest BCUT2D eigenvalue weighted by Crippen LogP contribution is -2.31. The quantitative estimate of drug-likeness (QED) is 0.319. The van der Waals surface area contributed by atoms with E-state index in [1.54, 1.807) is 0 Å². The highest BCUT2D eigenvalue weighted by Gasteiger charge is 2.54. The number of hydrogen-bond donors (Lipinski definition) is 0. The monoisotopic (exact) mass is 241 g/mol. The second kappa shape index (κ2) is 4.62. The van der Waals surface area contributed by atoms with Gasteiger partial charge in [0.15, 0.2) is 5.79 Å². The highest BCUT2D eigenvalue weighted by molar-refractivity contribution is 5.50. The minimum Gasteiger partial charge on any atom is -0.369 e. The van der Waals surface area contributed by atoms with Crippen molar-refractivity contribution in [3.63, 3.8) is 0 Å². The summed E-state index contributed by atoms with van der Waals surface area (Å²) < 4.78 is 17.0. The van der Waals surface area contributed by atoms with Crippen molar-refractivity contribution in [2.24, 2.45) is 5.11 Å². The summed E-state index contributed by atoms with van der Waals surface area (Å²) in [7, 11) is 0. The fourth-order valence-corrected chi connectivity index (χ4v) is 2.32. The van der Waals surface area contributed by atoms with Crippen LogP contribution in [0.15, 0.2) is 5.11 Å². The van der Waals surface area contributed by atoms with Gasteiger partial charge < -0.3 is 19.0 Å². The number of nitrogens with zero attached hydrogens (tertiary/aromatic N) is 3. The van der Waals surface area contributed by atoms with E-state index >= 15 is 0 Å². The highest BCUT2D eigenvalue weighted by atomic mass is 16.8. The first kappa shape index (κ1) is 12.3. The molecule has 2 fully saturated rings. The van der Waals surface area contributed by atoms with Crippen molar-refractivity contribution in [3.05, 3.63) is 10.4 Å². The van der Waals surface area contributed by atoms with Crippen LogP contribution < -0.4 is 0 Å². The third kappa shape index (κ3) is 2.42. The van der Waals surface area contributed by atoms with Gasteiger partial charge in [-0.05, 0) is 19.4 Å². The van der Waals surface area contributed by atoms with Gasteiger partial charge in [-0.3, -0.25) is 0 Å². The third-order valence-electron chi connectivity index (χ3n) is 2.90. The zero-order valence-electron chi connectivity index (χ0n) is 9.78. The lowest BCUT2D eigenvalue weighted by atomic mass is 10.1. The third-order valence-corrected chi connectivity index (χ3v) is 2.90. The molecule has 0 aromatic heterocycles. The maximum Gasteiger partial charge on any atom is 0.164 e. The minimum atomic E-state index is -0.686. The molecule has 0 saturated carbocycles. The molecule has 2 aliphatic heterocycles. The van der Waals surface area contributed by atoms with Gasteiger partial charge >= 0.3 is 0 Å². The number of azide groups is 1. The predicted octanol–water partition coefficient (Wildman–Crippen LogP) is 1.17. The first-order valence-electron chi connectivity index (χ1n) is 5.53. The Labute approximate surface area is 98.6 Å². The van der Waals surface area contributed by atoms with E-state index in [1.165, 1.54) is 0 Å². The summed E-state index contributed by atoms with van der Waals surface area (Å²) >= 11 is 0. The maximum atomic E-state index is 10.6. The maximum absolute atomic E-state index is 10.6. The number of rotatable bonds is 4. The number of carbonyl (C=O) groups excluding carboxylic acids is 1. The van der Waals surface area contributed by atoms with Crippen molar-refractivity contribution in [1.82, 2.24) is 0 Å². The van der Waals surface area contributed by atoms with Gasteiger partial charge in [-0.15, -0.1) is 0 Å². The van der Waals surface area contributed by atoms with Crippen molar-refractivity contribution in [2.45, 2.75) is 50.5 Å². The smallest absolute Gasteiger partial charge is 0.164 e. The molecule has 0 aliphatic carbocycles. The molecular weight excluding hydrogens is 226 g/mol. The van der Waals surface area contributed by atoms with Crippen LogP contribution in [0.1, 0.15) is 20.3 Å². The summed E-state index contributed by atoms with van der Waals surface area (Å²) in [5, 5.41) is 3.49. The lowest BCUT2D eigenvalue weighted by Gasteiger charge is -2.22. The Morgan fingerprint density at radius 1 is 1.35 bits per heavy atom. The van der Waals surface area contributed by atoms with Crippen LogP contribution in [0.4, 0.5) is 0 Å². The van der Waals surface area contributed by atoms with Crippen LogP contribution in [0.25, 0.3) is 10.4 Å².